The van der Waals surface area contributed by atoms with Gasteiger partial charge in [0.25, 0.3) is 0 Å². The predicted molar refractivity (Wildman–Crippen MR) is 133 cm³/mol. The molecule has 4 aromatic rings. The Hall–Kier alpha value is -3.64. The lowest BCUT2D eigenvalue weighted by Gasteiger charge is -2.26. The topological polar surface area (TPSA) is 52.8 Å². The first-order chi connectivity index (χ1) is 17.3. The van der Waals surface area contributed by atoms with Gasteiger partial charge in [0, 0.05) is 11.1 Å². The van der Waals surface area contributed by atoms with E-state index in [9.17, 15) is 0 Å². The van der Waals surface area contributed by atoms with Gasteiger partial charge in [0.1, 0.15) is 23.7 Å². The Morgan fingerprint density at radius 2 is 0.886 bits per heavy atom. The summed E-state index contributed by atoms with van der Waals surface area (Å²) in [7, 11) is 0. The number of hydrogen-bond donors (Lipinski definition) is 0. The van der Waals surface area contributed by atoms with Gasteiger partial charge in [-0.15, -0.1) is 0 Å². The first kappa shape index (κ1) is 21.9. The highest BCUT2D eigenvalue weighted by Crippen LogP contribution is 2.35. The van der Waals surface area contributed by atoms with Gasteiger partial charge in [-0.3, -0.25) is 4.74 Å². The summed E-state index contributed by atoms with van der Waals surface area (Å²) in [6.45, 7) is 1.16. The molecule has 0 saturated carbocycles. The Balaban J connectivity index is 1.24. The fraction of sp³-hybridized carbons (Fsp3) is 0.200. The summed E-state index contributed by atoms with van der Waals surface area (Å²) in [6.07, 6.45) is -1.57. The molecule has 5 heteroatoms. The molecule has 4 atom stereocenters. The van der Waals surface area contributed by atoms with Gasteiger partial charge in [-0.2, -0.15) is 0 Å². The minimum atomic E-state index is -0.627. The van der Waals surface area contributed by atoms with Crippen molar-refractivity contribution < 1.29 is 23.7 Å². The Morgan fingerprint density at radius 3 is 1.29 bits per heavy atom. The number of epoxide rings is 2. The molecule has 0 amide bonds. The van der Waals surface area contributed by atoms with Crippen molar-refractivity contribution in [2.75, 3.05) is 13.2 Å². The van der Waals surface area contributed by atoms with E-state index in [4.69, 9.17) is 23.7 Å². The van der Waals surface area contributed by atoms with Crippen LogP contribution in [0.5, 0.6) is 11.5 Å². The molecule has 4 unspecified atom stereocenters. The summed E-state index contributed by atoms with van der Waals surface area (Å²) < 4.78 is 30.4. The van der Waals surface area contributed by atoms with Crippen LogP contribution >= 0.6 is 0 Å². The fourth-order valence-electron chi connectivity index (χ4n) is 4.04. The first-order valence-corrected chi connectivity index (χ1v) is 11.9. The molecule has 0 bridgehead atoms. The van der Waals surface area contributed by atoms with Crippen molar-refractivity contribution >= 4 is 0 Å². The quantitative estimate of drug-likeness (QED) is 0.214. The normalized spacial score (nSPS) is 20.0. The van der Waals surface area contributed by atoms with Crippen molar-refractivity contribution in [3.63, 3.8) is 0 Å². The van der Waals surface area contributed by atoms with Crippen LogP contribution in [-0.2, 0) is 14.2 Å². The van der Waals surface area contributed by atoms with Crippen molar-refractivity contribution in [1.82, 2.24) is 0 Å². The standard InChI is InChI=1S/C30H26O5/c1-3-11-21(12-4-1)23-15-7-9-17-25(23)33-29(27-19-31-27)35-30(28-20-32-28)34-26-18-10-8-16-24(26)22-13-5-2-6-14-22/h1-18,27-30H,19-20H2. The highest BCUT2D eigenvalue weighted by atomic mass is 16.8. The molecule has 176 valence electrons. The Bertz CT molecular complexity index is 1150. The van der Waals surface area contributed by atoms with Crippen LogP contribution in [0.25, 0.3) is 22.3 Å². The van der Waals surface area contributed by atoms with E-state index in [1.54, 1.807) is 0 Å². The zero-order valence-electron chi connectivity index (χ0n) is 19.2. The van der Waals surface area contributed by atoms with Gasteiger partial charge in [0.2, 0.25) is 12.6 Å². The first-order valence-electron chi connectivity index (χ1n) is 11.9. The van der Waals surface area contributed by atoms with Gasteiger partial charge < -0.3 is 18.9 Å². The molecular formula is C30H26O5. The minimum absolute atomic E-state index is 0.159. The van der Waals surface area contributed by atoms with Crippen LogP contribution in [0.3, 0.4) is 0 Å². The Morgan fingerprint density at radius 1 is 0.514 bits per heavy atom. The molecule has 0 spiro atoms. The summed E-state index contributed by atoms with van der Waals surface area (Å²) in [4.78, 5) is 0. The van der Waals surface area contributed by atoms with E-state index in [-0.39, 0.29) is 12.2 Å². The van der Waals surface area contributed by atoms with Crippen LogP contribution in [0.2, 0.25) is 0 Å². The maximum Gasteiger partial charge on any atom is 0.232 e. The predicted octanol–water partition coefficient (Wildman–Crippen LogP) is 5.94. The molecule has 0 aromatic heterocycles. The van der Waals surface area contributed by atoms with E-state index >= 15 is 0 Å². The van der Waals surface area contributed by atoms with Gasteiger partial charge in [-0.1, -0.05) is 97.1 Å². The molecule has 2 aliphatic rings. The van der Waals surface area contributed by atoms with Crippen LogP contribution in [0.15, 0.2) is 109 Å². The molecular weight excluding hydrogens is 440 g/mol. The van der Waals surface area contributed by atoms with Crippen molar-refractivity contribution in [1.29, 1.82) is 0 Å². The SMILES string of the molecule is c1ccc(-c2ccccc2OC(OC(Oc2ccccc2-c2ccccc2)C2CO2)C2CO2)cc1. The lowest BCUT2D eigenvalue weighted by Crippen LogP contribution is -2.38. The van der Waals surface area contributed by atoms with Crippen molar-refractivity contribution in [2.24, 2.45) is 0 Å². The summed E-state index contributed by atoms with van der Waals surface area (Å²) in [5.74, 6) is 1.47. The van der Waals surface area contributed by atoms with E-state index in [0.717, 1.165) is 33.8 Å². The van der Waals surface area contributed by atoms with Gasteiger partial charge in [-0.25, -0.2) is 0 Å². The molecule has 5 nitrogen and oxygen atoms in total. The van der Waals surface area contributed by atoms with Crippen molar-refractivity contribution in [2.45, 2.75) is 24.8 Å². The summed E-state index contributed by atoms with van der Waals surface area (Å²) >= 11 is 0. The van der Waals surface area contributed by atoms with Crippen LogP contribution in [0.4, 0.5) is 0 Å². The lowest BCUT2D eigenvalue weighted by molar-refractivity contribution is -0.198. The third-order valence-corrected chi connectivity index (χ3v) is 6.02. The fourth-order valence-corrected chi connectivity index (χ4v) is 4.04. The van der Waals surface area contributed by atoms with Crippen molar-refractivity contribution in [3.8, 4) is 33.8 Å². The third-order valence-electron chi connectivity index (χ3n) is 6.02. The van der Waals surface area contributed by atoms with E-state index in [1.807, 2.05) is 84.9 Å². The highest BCUT2D eigenvalue weighted by Gasteiger charge is 2.43. The highest BCUT2D eigenvalue weighted by molar-refractivity contribution is 5.71. The largest absolute Gasteiger partial charge is 0.461 e. The zero-order valence-corrected chi connectivity index (χ0v) is 19.2. The molecule has 6 rings (SSSR count). The van der Waals surface area contributed by atoms with E-state index < -0.39 is 12.6 Å². The van der Waals surface area contributed by atoms with E-state index in [0.29, 0.717) is 13.2 Å². The van der Waals surface area contributed by atoms with Crippen LogP contribution in [-0.4, -0.2) is 38.0 Å². The van der Waals surface area contributed by atoms with Gasteiger partial charge in [0.15, 0.2) is 0 Å². The van der Waals surface area contributed by atoms with E-state index in [1.165, 1.54) is 0 Å². The minimum Gasteiger partial charge on any atom is -0.461 e. The number of benzene rings is 4. The Labute approximate surface area is 204 Å². The van der Waals surface area contributed by atoms with Crippen LogP contribution < -0.4 is 9.47 Å². The number of para-hydroxylation sites is 2. The molecule has 0 N–H and O–H groups in total. The van der Waals surface area contributed by atoms with Gasteiger partial charge >= 0.3 is 0 Å². The zero-order chi connectivity index (χ0) is 23.5. The third kappa shape index (κ3) is 5.23. The molecule has 35 heavy (non-hydrogen) atoms. The molecule has 0 aliphatic carbocycles. The van der Waals surface area contributed by atoms with E-state index in [2.05, 4.69) is 24.3 Å². The van der Waals surface area contributed by atoms with Crippen LogP contribution in [0, 0.1) is 0 Å². The number of hydrogen-bond acceptors (Lipinski definition) is 5. The second-order valence-electron chi connectivity index (χ2n) is 8.58. The molecule has 0 radical (unpaired) electrons. The molecule has 2 saturated heterocycles. The van der Waals surface area contributed by atoms with Crippen molar-refractivity contribution in [3.05, 3.63) is 109 Å². The summed E-state index contributed by atoms with van der Waals surface area (Å²) in [6, 6.07) is 36.3. The molecule has 2 fully saturated rings. The lowest BCUT2D eigenvalue weighted by atomic mass is 10.0. The van der Waals surface area contributed by atoms with Gasteiger partial charge in [0.05, 0.1) is 13.2 Å². The Kier molecular flexibility index (Phi) is 6.20. The number of ether oxygens (including phenoxy) is 5. The average molecular weight is 467 g/mol. The maximum absolute atomic E-state index is 6.40. The van der Waals surface area contributed by atoms with Crippen LogP contribution in [0.1, 0.15) is 0 Å². The monoisotopic (exact) mass is 466 g/mol. The molecule has 2 heterocycles. The smallest absolute Gasteiger partial charge is 0.232 e. The molecule has 2 aliphatic heterocycles. The number of rotatable bonds is 10. The second kappa shape index (κ2) is 9.92. The average Bonchev–Trinajstić information content (AvgIpc) is 3.83. The maximum atomic E-state index is 6.40. The summed E-state index contributed by atoms with van der Waals surface area (Å²) in [5, 5.41) is 0. The second-order valence-corrected chi connectivity index (χ2v) is 8.58. The summed E-state index contributed by atoms with van der Waals surface area (Å²) in [5.41, 5.74) is 4.15. The molecule has 4 aromatic carbocycles. The van der Waals surface area contributed by atoms with Gasteiger partial charge in [-0.05, 0) is 23.3 Å².